The van der Waals surface area contributed by atoms with Crippen molar-refractivity contribution in [3.05, 3.63) is 23.7 Å². The summed E-state index contributed by atoms with van der Waals surface area (Å²) in [5.74, 6) is 0.649. The number of carbonyl (C=O) groups is 1. The molecule has 1 saturated carbocycles. The second-order valence-electron chi connectivity index (χ2n) is 5.62. The topological polar surface area (TPSA) is 51.5 Å². The summed E-state index contributed by atoms with van der Waals surface area (Å²) >= 11 is 0. The smallest absolute Gasteiger partial charge is 0.373 e. The van der Waals surface area contributed by atoms with E-state index in [4.69, 9.17) is 4.42 Å². The van der Waals surface area contributed by atoms with E-state index in [2.05, 4.69) is 17.0 Å². The number of esters is 1. The highest BCUT2D eigenvalue weighted by Gasteiger charge is 2.18. The molecule has 1 aliphatic rings. The van der Waals surface area contributed by atoms with E-state index >= 15 is 0 Å². The van der Waals surface area contributed by atoms with Gasteiger partial charge in [0.1, 0.15) is 5.76 Å². The molecule has 1 atom stereocenters. The summed E-state index contributed by atoms with van der Waals surface area (Å²) in [4.78, 5) is 11.4. The first-order valence-corrected chi connectivity index (χ1v) is 7.65. The predicted molar refractivity (Wildman–Crippen MR) is 77.7 cm³/mol. The van der Waals surface area contributed by atoms with Gasteiger partial charge in [0.05, 0.1) is 13.2 Å². The zero-order valence-electron chi connectivity index (χ0n) is 12.5. The summed E-state index contributed by atoms with van der Waals surface area (Å²) in [6, 6.07) is 4.21. The molecule has 0 saturated heterocycles. The van der Waals surface area contributed by atoms with E-state index in [1.54, 1.807) is 6.07 Å². The molecular weight excluding hydrogens is 254 g/mol. The number of ether oxygens (including phenoxy) is 1. The second kappa shape index (κ2) is 7.48. The standard InChI is InChI=1S/C16H25NO3/c1-12(14-10-11-15(20-14)16(18)19-2)17-13-8-6-4-3-5-7-9-13/h10-13,17H,3-9H2,1-2H3. The lowest BCUT2D eigenvalue weighted by Gasteiger charge is -2.24. The van der Waals surface area contributed by atoms with Crippen LogP contribution in [0.3, 0.4) is 0 Å². The van der Waals surface area contributed by atoms with Gasteiger partial charge in [0.25, 0.3) is 0 Å². The van der Waals surface area contributed by atoms with Crippen molar-refractivity contribution in [2.75, 3.05) is 7.11 Å². The molecule has 1 aromatic heterocycles. The maximum atomic E-state index is 11.4. The van der Waals surface area contributed by atoms with Gasteiger partial charge in [-0.2, -0.15) is 0 Å². The molecule has 1 N–H and O–H groups in total. The molecule has 4 nitrogen and oxygen atoms in total. The Morgan fingerprint density at radius 1 is 1.25 bits per heavy atom. The van der Waals surface area contributed by atoms with Gasteiger partial charge in [-0.3, -0.25) is 0 Å². The van der Waals surface area contributed by atoms with Gasteiger partial charge in [-0.25, -0.2) is 4.79 Å². The van der Waals surface area contributed by atoms with Crippen LogP contribution < -0.4 is 5.32 Å². The number of hydrogen-bond donors (Lipinski definition) is 1. The van der Waals surface area contributed by atoms with E-state index < -0.39 is 5.97 Å². The number of carbonyl (C=O) groups excluding carboxylic acids is 1. The Hall–Kier alpha value is -1.29. The van der Waals surface area contributed by atoms with Gasteiger partial charge >= 0.3 is 5.97 Å². The lowest BCUT2D eigenvalue weighted by molar-refractivity contribution is 0.0562. The van der Waals surface area contributed by atoms with Gasteiger partial charge in [-0.05, 0) is 31.9 Å². The first-order valence-electron chi connectivity index (χ1n) is 7.65. The van der Waals surface area contributed by atoms with Crippen LogP contribution in [0.5, 0.6) is 0 Å². The third-order valence-electron chi connectivity index (χ3n) is 4.03. The van der Waals surface area contributed by atoms with Crippen LogP contribution in [-0.4, -0.2) is 19.1 Å². The summed E-state index contributed by atoms with van der Waals surface area (Å²) in [6.45, 7) is 2.08. The number of nitrogens with one attached hydrogen (secondary N) is 1. The van der Waals surface area contributed by atoms with Crippen molar-refractivity contribution in [2.45, 2.75) is 64.0 Å². The molecule has 0 radical (unpaired) electrons. The Morgan fingerprint density at radius 2 is 1.90 bits per heavy atom. The fourth-order valence-corrected chi connectivity index (χ4v) is 2.85. The SMILES string of the molecule is COC(=O)c1ccc(C(C)NC2CCCCCCC2)o1. The number of hydrogen-bond acceptors (Lipinski definition) is 4. The van der Waals surface area contributed by atoms with Crippen LogP contribution in [0, 0.1) is 0 Å². The van der Waals surface area contributed by atoms with Crippen molar-refractivity contribution >= 4 is 5.97 Å². The molecular formula is C16H25NO3. The summed E-state index contributed by atoms with van der Waals surface area (Å²) in [5, 5.41) is 3.63. The van der Waals surface area contributed by atoms with Gasteiger partial charge < -0.3 is 14.5 Å². The Balaban J connectivity index is 1.91. The molecule has 2 rings (SSSR count). The van der Waals surface area contributed by atoms with Crippen LogP contribution in [-0.2, 0) is 4.74 Å². The van der Waals surface area contributed by atoms with Crippen LogP contribution >= 0.6 is 0 Å². The number of rotatable bonds is 4. The molecule has 0 aliphatic heterocycles. The van der Waals surface area contributed by atoms with Gasteiger partial charge in [-0.15, -0.1) is 0 Å². The maximum absolute atomic E-state index is 11.4. The summed E-state index contributed by atoms with van der Waals surface area (Å²) in [6.07, 6.45) is 9.14. The summed E-state index contributed by atoms with van der Waals surface area (Å²) < 4.78 is 10.2. The van der Waals surface area contributed by atoms with Crippen LogP contribution in [0.2, 0.25) is 0 Å². The lowest BCUT2D eigenvalue weighted by Crippen LogP contribution is -2.31. The molecule has 1 heterocycles. The fraction of sp³-hybridized carbons (Fsp3) is 0.688. The van der Waals surface area contributed by atoms with Gasteiger partial charge in [-0.1, -0.05) is 32.1 Å². The molecule has 0 spiro atoms. The zero-order valence-corrected chi connectivity index (χ0v) is 12.5. The molecule has 20 heavy (non-hydrogen) atoms. The highest BCUT2D eigenvalue weighted by atomic mass is 16.5. The second-order valence-corrected chi connectivity index (χ2v) is 5.62. The first-order chi connectivity index (χ1) is 9.70. The van der Waals surface area contributed by atoms with Gasteiger partial charge in [0.15, 0.2) is 0 Å². The normalized spacial score (nSPS) is 19.1. The third kappa shape index (κ3) is 4.10. The average molecular weight is 279 g/mol. The quantitative estimate of drug-likeness (QED) is 0.851. The molecule has 0 bridgehead atoms. The molecule has 112 valence electrons. The Bertz CT molecular complexity index is 419. The summed E-state index contributed by atoms with van der Waals surface area (Å²) in [7, 11) is 1.36. The van der Waals surface area contributed by atoms with E-state index in [1.807, 2.05) is 6.07 Å². The highest BCUT2D eigenvalue weighted by Crippen LogP contribution is 2.22. The lowest BCUT2D eigenvalue weighted by atomic mass is 9.96. The number of furan rings is 1. The van der Waals surface area contributed by atoms with Crippen molar-refractivity contribution in [3.8, 4) is 0 Å². The average Bonchev–Trinajstić information content (AvgIpc) is 2.90. The van der Waals surface area contributed by atoms with Crippen molar-refractivity contribution in [1.82, 2.24) is 5.32 Å². The van der Waals surface area contributed by atoms with E-state index in [1.165, 1.54) is 52.1 Å². The van der Waals surface area contributed by atoms with Crippen LogP contribution in [0.15, 0.2) is 16.5 Å². The van der Waals surface area contributed by atoms with E-state index in [-0.39, 0.29) is 11.8 Å². The van der Waals surface area contributed by atoms with E-state index in [0.717, 1.165) is 5.76 Å². The van der Waals surface area contributed by atoms with Crippen molar-refractivity contribution in [3.63, 3.8) is 0 Å². The largest absolute Gasteiger partial charge is 0.463 e. The van der Waals surface area contributed by atoms with Crippen molar-refractivity contribution in [2.24, 2.45) is 0 Å². The maximum Gasteiger partial charge on any atom is 0.373 e. The van der Waals surface area contributed by atoms with Crippen molar-refractivity contribution < 1.29 is 13.9 Å². The Labute approximate surface area is 120 Å². The molecule has 1 fully saturated rings. The molecule has 1 aromatic rings. The molecule has 1 unspecified atom stereocenters. The first kappa shape index (κ1) is 15.1. The Morgan fingerprint density at radius 3 is 2.55 bits per heavy atom. The van der Waals surface area contributed by atoms with Gasteiger partial charge in [0.2, 0.25) is 5.76 Å². The minimum atomic E-state index is -0.422. The molecule has 4 heteroatoms. The summed E-state index contributed by atoms with van der Waals surface area (Å²) in [5.41, 5.74) is 0. The van der Waals surface area contributed by atoms with Crippen LogP contribution in [0.25, 0.3) is 0 Å². The molecule has 0 aromatic carbocycles. The Kier molecular flexibility index (Phi) is 5.65. The van der Waals surface area contributed by atoms with Crippen LogP contribution in [0.4, 0.5) is 0 Å². The minimum Gasteiger partial charge on any atom is -0.463 e. The highest BCUT2D eigenvalue weighted by molar-refractivity contribution is 5.86. The van der Waals surface area contributed by atoms with Crippen molar-refractivity contribution in [1.29, 1.82) is 0 Å². The van der Waals surface area contributed by atoms with Crippen LogP contribution in [0.1, 0.15) is 74.2 Å². The van der Waals surface area contributed by atoms with Gasteiger partial charge in [0, 0.05) is 6.04 Å². The minimum absolute atomic E-state index is 0.123. The third-order valence-corrected chi connectivity index (χ3v) is 4.03. The monoisotopic (exact) mass is 279 g/mol. The number of methoxy groups -OCH3 is 1. The van der Waals surface area contributed by atoms with E-state index in [0.29, 0.717) is 6.04 Å². The predicted octanol–water partition coefficient (Wildman–Crippen LogP) is 3.83. The fourth-order valence-electron chi connectivity index (χ4n) is 2.85. The molecule has 0 amide bonds. The zero-order chi connectivity index (χ0) is 14.4. The molecule has 1 aliphatic carbocycles. The van der Waals surface area contributed by atoms with E-state index in [9.17, 15) is 4.79 Å².